The van der Waals surface area contributed by atoms with Crippen LogP contribution in [-0.2, 0) is 28.6 Å². The molecule has 9 nitrogen and oxygen atoms in total. The van der Waals surface area contributed by atoms with Crippen LogP contribution in [0.25, 0.3) is 0 Å². The van der Waals surface area contributed by atoms with Gasteiger partial charge < -0.3 is 35.4 Å². The van der Waals surface area contributed by atoms with Crippen molar-refractivity contribution in [1.82, 2.24) is 10.6 Å². The van der Waals surface area contributed by atoms with Crippen LogP contribution in [0.4, 0.5) is 0 Å². The van der Waals surface area contributed by atoms with Crippen molar-refractivity contribution < 1.29 is 28.6 Å². The van der Waals surface area contributed by atoms with Crippen LogP contribution in [0.1, 0.15) is 6.42 Å². The number of nitrogens with two attached hydrogens (primary N) is 1. The van der Waals surface area contributed by atoms with Crippen LogP contribution in [0.3, 0.4) is 0 Å². The molecule has 0 fully saturated rings. The summed E-state index contributed by atoms with van der Waals surface area (Å²) in [4.78, 5) is 32.7. The number of carbonyl (C=O) groups excluding carboxylic acids is 3. The molecule has 0 aliphatic heterocycles. The van der Waals surface area contributed by atoms with E-state index in [0.717, 1.165) is 6.29 Å². The second-order valence-corrected chi connectivity index (χ2v) is 4.16. The van der Waals surface area contributed by atoms with Gasteiger partial charge in [-0.25, -0.2) is 0 Å². The fourth-order valence-electron chi connectivity index (χ4n) is 1.28. The second kappa shape index (κ2) is 15.8. The Labute approximate surface area is 129 Å². The number of nitrogens with one attached hydrogen (secondary N) is 2. The van der Waals surface area contributed by atoms with E-state index in [-0.39, 0.29) is 25.0 Å². The molecule has 22 heavy (non-hydrogen) atoms. The van der Waals surface area contributed by atoms with Crippen molar-refractivity contribution in [3.8, 4) is 0 Å². The zero-order valence-corrected chi connectivity index (χ0v) is 12.7. The molecule has 0 heterocycles. The molecule has 2 amide bonds. The summed E-state index contributed by atoms with van der Waals surface area (Å²) in [5.74, 6) is -0.653. The highest BCUT2D eigenvalue weighted by atomic mass is 16.5. The van der Waals surface area contributed by atoms with E-state index < -0.39 is 0 Å². The maximum absolute atomic E-state index is 11.3. The maximum atomic E-state index is 11.3. The Morgan fingerprint density at radius 3 is 1.91 bits per heavy atom. The highest BCUT2D eigenvalue weighted by Crippen LogP contribution is 1.80. The van der Waals surface area contributed by atoms with Crippen molar-refractivity contribution in [2.75, 3.05) is 59.3 Å². The predicted molar refractivity (Wildman–Crippen MR) is 78.2 cm³/mol. The summed E-state index contributed by atoms with van der Waals surface area (Å²) in [6, 6.07) is 0. The number of hydrogen-bond acceptors (Lipinski definition) is 7. The second-order valence-electron chi connectivity index (χ2n) is 4.16. The van der Waals surface area contributed by atoms with Crippen LogP contribution >= 0.6 is 0 Å². The van der Waals surface area contributed by atoms with E-state index in [1.165, 1.54) is 0 Å². The van der Waals surface area contributed by atoms with Gasteiger partial charge in [0, 0.05) is 26.1 Å². The standard InChI is InChI=1S/C13H25N3O6/c14-2-7-21-9-4-16-13(19)11-22-10-12(18)15-3-8-20-6-1-5-17/h5H,1-4,6-11,14H2,(H,15,18)(H,16,19). The van der Waals surface area contributed by atoms with Gasteiger partial charge in [-0.05, 0) is 0 Å². The molecule has 0 bridgehead atoms. The van der Waals surface area contributed by atoms with Gasteiger partial charge in [-0.3, -0.25) is 9.59 Å². The van der Waals surface area contributed by atoms with Crippen molar-refractivity contribution in [3.05, 3.63) is 0 Å². The highest BCUT2D eigenvalue weighted by molar-refractivity contribution is 5.79. The summed E-state index contributed by atoms with van der Waals surface area (Å²) in [6.45, 7) is 2.23. The van der Waals surface area contributed by atoms with E-state index in [1.54, 1.807) is 0 Å². The minimum absolute atomic E-state index is 0.194. The molecule has 0 saturated heterocycles. The molecular formula is C13H25N3O6. The van der Waals surface area contributed by atoms with Crippen molar-refractivity contribution in [1.29, 1.82) is 0 Å². The van der Waals surface area contributed by atoms with Gasteiger partial charge in [-0.2, -0.15) is 0 Å². The third-order valence-corrected chi connectivity index (χ3v) is 2.25. The van der Waals surface area contributed by atoms with Gasteiger partial charge in [0.25, 0.3) is 0 Å². The third-order valence-electron chi connectivity index (χ3n) is 2.25. The molecule has 0 spiro atoms. The monoisotopic (exact) mass is 319 g/mol. The van der Waals surface area contributed by atoms with E-state index in [1.807, 2.05) is 0 Å². The lowest BCUT2D eigenvalue weighted by atomic mass is 10.5. The van der Waals surface area contributed by atoms with Crippen LogP contribution in [0, 0.1) is 0 Å². The van der Waals surface area contributed by atoms with E-state index in [2.05, 4.69) is 10.6 Å². The zero-order chi connectivity index (χ0) is 16.5. The molecule has 0 aromatic heterocycles. The first-order valence-electron chi connectivity index (χ1n) is 7.11. The molecule has 0 aromatic rings. The average molecular weight is 319 g/mol. The number of rotatable bonds is 15. The van der Waals surface area contributed by atoms with Crippen LogP contribution in [-0.4, -0.2) is 77.4 Å². The number of hydrogen-bond donors (Lipinski definition) is 3. The summed E-state index contributed by atoms with van der Waals surface area (Å²) >= 11 is 0. The Balaban J connectivity index is 3.35. The van der Waals surface area contributed by atoms with Gasteiger partial charge in [0.1, 0.15) is 19.5 Å². The van der Waals surface area contributed by atoms with Crippen molar-refractivity contribution in [2.45, 2.75) is 6.42 Å². The van der Waals surface area contributed by atoms with Crippen molar-refractivity contribution in [2.24, 2.45) is 5.73 Å². The Kier molecular flexibility index (Phi) is 14.7. The molecule has 128 valence electrons. The van der Waals surface area contributed by atoms with Crippen molar-refractivity contribution >= 4 is 18.1 Å². The number of ether oxygens (including phenoxy) is 3. The molecule has 0 radical (unpaired) electrons. The smallest absolute Gasteiger partial charge is 0.246 e. The molecule has 0 atom stereocenters. The molecule has 0 saturated carbocycles. The van der Waals surface area contributed by atoms with E-state index >= 15 is 0 Å². The largest absolute Gasteiger partial charge is 0.379 e. The number of carbonyl (C=O) groups is 3. The predicted octanol–water partition coefficient (Wildman–Crippen LogP) is -2.18. The minimum atomic E-state index is -0.335. The lowest BCUT2D eigenvalue weighted by Gasteiger charge is -2.07. The molecule has 9 heteroatoms. The number of aldehydes is 1. The quantitative estimate of drug-likeness (QED) is 0.231. The molecule has 0 aromatic carbocycles. The van der Waals surface area contributed by atoms with E-state index in [4.69, 9.17) is 19.9 Å². The van der Waals surface area contributed by atoms with Crippen LogP contribution < -0.4 is 16.4 Å². The molecule has 0 aliphatic rings. The first-order chi connectivity index (χ1) is 10.7. The van der Waals surface area contributed by atoms with Gasteiger partial charge in [-0.1, -0.05) is 0 Å². The Morgan fingerprint density at radius 1 is 0.864 bits per heavy atom. The first-order valence-corrected chi connectivity index (χ1v) is 7.11. The molecule has 0 unspecified atom stereocenters. The number of amides is 2. The van der Waals surface area contributed by atoms with Crippen LogP contribution in [0.2, 0.25) is 0 Å². The summed E-state index contributed by atoms with van der Waals surface area (Å²) in [7, 11) is 0. The Bertz CT molecular complexity index is 314. The highest BCUT2D eigenvalue weighted by Gasteiger charge is 2.04. The summed E-state index contributed by atoms with van der Waals surface area (Å²) in [5, 5.41) is 5.14. The summed E-state index contributed by atoms with van der Waals surface area (Å²) < 4.78 is 15.1. The molecule has 0 rings (SSSR count). The zero-order valence-electron chi connectivity index (χ0n) is 12.7. The molecule has 0 aliphatic carbocycles. The lowest BCUT2D eigenvalue weighted by Crippen LogP contribution is -2.34. The fourth-order valence-corrected chi connectivity index (χ4v) is 1.28. The normalized spacial score (nSPS) is 10.2. The molecular weight excluding hydrogens is 294 g/mol. The topological polar surface area (TPSA) is 129 Å². The van der Waals surface area contributed by atoms with Gasteiger partial charge in [0.15, 0.2) is 0 Å². The fraction of sp³-hybridized carbons (Fsp3) is 0.769. The van der Waals surface area contributed by atoms with Gasteiger partial charge >= 0.3 is 0 Å². The van der Waals surface area contributed by atoms with E-state index in [0.29, 0.717) is 52.5 Å². The summed E-state index contributed by atoms with van der Waals surface area (Å²) in [6.07, 6.45) is 1.10. The van der Waals surface area contributed by atoms with Gasteiger partial charge in [-0.15, -0.1) is 0 Å². The van der Waals surface area contributed by atoms with Crippen LogP contribution in [0.5, 0.6) is 0 Å². The van der Waals surface area contributed by atoms with Gasteiger partial charge in [0.05, 0.1) is 26.4 Å². The Morgan fingerprint density at radius 2 is 1.41 bits per heavy atom. The molecule has 4 N–H and O–H groups in total. The van der Waals surface area contributed by atoms with Gasteiger partial charge in [0.2, 0.25) is 11.8 Å². The average Bonchev–Trinajstić information content (AvgIpc) is 2.50. The van der Waals surface area contributed by atoms with E-state index in [9.17, 15) is 14.4 Å². The van der Waals surface area contributed by atoms with Crippen molar-refractivity contribution in [3.63, 3.8) is 0 Å². The van der Waals surface area contributed by atoms with Crippen LogP contribution in [0.15, 0.2) is 0 Å². The lowest BCUT2D eigenvalue weighted by molar-refractivity contribution is -0.131. The minimum Gasteiger partial charge on any atom is -0.379 e. The third kappa shape index (κ3) is 14.9. The Hall–Kier alpha value is -1.55. The SMILES string of the molecule is NCCOCCNC(=O)COCC(=O)NCCOCCC=O. The summed E-state index contributed by atoms with van der Waals surface area (Å²) in [5.41, 5.74) is 5.24. The first kappa shape index (κ1) is 20.5. The maximum Gasteiger partial charge on any atom is 0.246 e.